The molecule has 20 heavy (non-hydrogen) atoms. The van der Waals surface area contributed by atoms with Gasteiger partial charge in [-0.3, -0.25) is 0 Å². The van der Waals surface area contributed by atoms with E-state index in [1.807, 2.05) is 4.90 Å². The Morgan fingerprint density at radius 2 is 1.80 bits per heavy atom. The average molecular weight is 282 g/mol. The van der Waals surface area contributed by atoms with Crippen molar-refractivity contribution < 1.29 is 8.78 Å². The molecule has 0 saturated carbocycles. The van der Waals surface area contributed by atoms with Crippen LogP contribution in [-0.2, 0) is 6.42 Å². The third-order valence-corrected chi connectivity index (χ3v) is 4.14. The van der Waals surface area contributed by atoms with Crippen LogP contribution in [0.5, 0.6) is 0 Å². The van der Waals surface area contributed by atoms with Crippen molar-refractivity contribution in [2.45, 2.75) is 39.0 Å². The van der Waals surface area contributed by atoms with Crippen molar-refractivity contribution in [3.63, 3.8) is 0 Å². The monoisotopic (exact) mass is 282 g/mol. The second kappa shape index (κ2) is 7.02. The van der Waals surface area contributed by atoms with Crippen LogP contribution in [0.2, 0.25) is 0 Å². The van der Waals surface area contributed by atoms with Crippen LogP contribution >= 0.6 is 0 Å². The minimum atomic E-state index is -0.456. The molecule has 2 rings (SSSR count). The van der Waals surface area contributed by atoms with Crippen molar-refractivity contribution in [2.24, 2.45) is 11.7 Å². The highest BCUT2D eigenvalue weighted by Crippen LogP contribution is 2.30. The summed E-state index contributed by atoms with van der Waals surface area (Å²) < 4.78 is 28.3. The summed E-state index contributed by atoms with van der Waals surface area (Å²) in [6.45, 7) is 4.08. The smallest absolute Gasteiger partial charge is 0.149 e. The Balaban J connectivity index is 2.10. The van der Waals surface area contributed by atoms with Crippen LogP contribution in [-0.4, -0.2) is 19.6 Å². The normalized spacial score (nSPS) is 16.7. The van der Waals surface area contributed by atoms with Crippen molar-refractivity contribution in [1.29, 1.82) is 0 Å². The van der Waals surface area contributed by atoms with E-state index < -0.39 is 11.6 Å². The molecule has 0 unspecified atom stereocenters. The fourth-order valence-electron chi connectivity index (χ4n) is 3.08. The molecule has 0 aromatic heterocycles. The number of nitrogens with zero attached hydrogens (tertiary/aromatic N) is 1. The van der Waals surface area contributed by atoms with Gasteiger partial charge in [0, 0.05) is 13.1 Å². The van der Waals surface area contributed by atoms with Gasteiger partial charge in [0.05, 0.1) is 0 Å². The second-order valence-corrected chi connectivity index (χ2v) is 5.67. The molecule has 112 valence electrons. The Kier molecular flexibility index (Phi) is 5.35. The Labute approximate surface area is 120 Å². The molecule has 0 radical (unpaired) electrons. The lowest BCUT2D eigenvalue weighted by Crippen LogP contribution is -2.35. The highest BCUT2D eigenvalue weighted by atomic mass is 19.1. The van der Waals surface area contributed by atoms with E-state index in [-0.39, 0.29) is 5.69 Å². The van der Waals surface area contributed by atoms with Crippen LogP contribution in [0.15, 0.2) is 12.1 Å². The molecule has 1 fully saturated rings. The largest absolute Gasteiger partial charge is 0.367 e. The first kappa shape index (κ1) is 15.2. The van der Waals surface area contributed by atoms with E-state index in [4.69, 9.17) is 5.73 Å². The van der Waals surface area contributed by atoms with E-state index in [0.717, 1.165) is 25.9 Å². The van der Waals surface area contributed by atoms with Gasteiger partial charge in [-0.2, -0.15) is 0 Å². The number of piperidine rings is 1. The number of halogens is 2. The maximum atomic E-state index is 14.1. The minimum Gasteiger partial charge on any atom is -0.367 e. The summed E-state index contributed by atoms with van der Waals surface area (Å²) in [5, 5.41) is 0. The van der Waals surface area contributed by atoms with Crippen LogP contribution in [0.1, 0.15) is 38.2 Å². The zero-order chi connectivity index (χ0) is 14.5. The lowest BCUT2D eigenvalue weighted by atomic mass is 9.92. The molecular weight excluding hydrogens is 258 g/mol. The third-order valence-electron chi connectivity index (χ3n) is 4.14. The molecule has 0 amide bonds. The highest BCUT2D eigenvalue weighted by Gasteiger charge is 2.23. The first-order valence-electron chi connectivity index (χ1n) is 7.58. The molecule has 1 aromatic carbocycles. The topological polar surface area (TPSA) is 29.3 Å². The Hall–Kier alpha value is -1.16. The molecular formula is C16H24F2N2. The molecule has 0 bridgehead atoms. The molecule has 2 nitrogen and oxygen atoms in total. The maximum Gasteiger partial charge on any atom is 0.149 e. The summed E-state index contributed by atoms with van der Waals surface area (Å²) in [5.41, 5.74) is 6.20. The quantitative estimate of drug-likeness (QED) is 0.896. The van der Waals surface area contributed by atoms with Gasteiger partial charge in [-0.1, -0.05) is 19.8 Å². The van der Waals surface area contributed by atoms with Gasteiger partial charge in [0.1, 0.15) is 17.3 Å². The molecule has 0 spiro atoms. The summed E-state index contributed by atoms with van der Waals surface area (Å²) in [5.74, 6) is -0.205. The van der Waals surface area contributed by atoms with Gasteiger partial charge in [0.2, 0.25) is 0 Å². The van der Waals surface area contributed by atoms with E-state index in [0.29, 0.717) is 24.4 Å². The maximum absolute atomic E-state index is 14.1. The average Bonchev–Trinajstić information content (AvgIpc) is 2.40. The van der Waals surface area contributed by atoms with Gasteiger partial charge < -0.3 is 10.6 Å². The molecule has 1 aromatic rings. The summed E-state index contributed by atoms with van der Waals surface area (Å²) in [4.78, 5) is 1.85. The van der Waals surface area contributed by atoms with E-state index in [1.165, 1.54) is 25.0 Å². The first-order valence-corrected chi connectivity index (χ1v) is 7.58. The Bertz CT molecular complexity index is 417. The van der Waals surface area contributed by atoms with E-state index in [1.54, 1.807) is 0 Å². The number of rotatable bonds is 5. The number of benzene rings is 1. The van der Waals surface area contributed by atoms with Crippen molar-refractivity contribution in [1.82, 2.24) is 0 Å². The first-order chi connectivity index (χ1) is 9.65. The van der Waals surface area contributed by atoms with Gasteiger partial charge in [0.15, 0.2) is 0 Å². The van der Waals surface area contributed by atoms with Gasteiger partial charge in [-0.25, -0.2) is 8.78 Å². The van der Waals surface area contributed by atoms with Crippen LogP contribution in [0, 0.1) is 17.6 Å². The van der Waals surface area contributed by atoms with Crippen LogP contribution in [0.3, 0.4) is 0 Å². The molecule has 0 aliphatic carbocycles. The van der Waals surface area contributed by atoms with Gasteiger partial charge >= 0.3 is 0 Å². The molecule has 0 atom stereocenters. The number of hydrogen-bond acceptors (Lipinski definition) is 2. The fraction of sp³-hybridized carbons (Fsp3) is 0.625. The van der Waals surface area contributed by atoms with Crippen LogP contribution in [0.25, 0.3) is 0 Å². The number of anilines is 1. The Morgan fingerprint density at radius 3 is 2.30 bits per heavy atom. The lowest BCUT2D eigenvalue weighted by molar-refractivity contribution is 0.374. The Morgan fingerprint density at radius 1 is 1.20 bits per heavy atom. The van der Waals surface area contributed by atoms with Crippen LogP contribution < -0.4 is 10.6 Å². The van der Waals surface area contributed by atoms with Crippen LogP contribution in [0.4, 0.5) is 14.5 Å². The molecule has 2 N–H and O–H groups in total. The summed E-state index contributed by atoms with van der Waals surface area (Å²) >= 11 is 0. The molecule has 1 aliphatic heterocycles. The van der Waals surface area contributed by atoms with Gasteiger partial charge in [-0.05, 0) is 49.4 Å². The van der Waals surface area contributed by atoms with Gasteiger partial charge in [0.25, 0.3) is 0 Å². The van der Waals surface area contributed by atoms with E-state index in [2.05, 4.69) is 6.92 Å². The summed E-state index contributed by atoms with van der Waals surface area (Å²) in [6.07, 6.45) is 4.96. The highest BCUT2D eigenvalue weighted by molar-refractivity contribution is 5.51. The number of hydrogen-bond donors (Lipinski definition) is 1. The van der Waals surface area contributed by atoms with Crippen molar-refractivity contribution in [3.8, 4) is 0 Å². The van der Waals surface area contributed by atoms with Crippen molar-refractivity contribution >= 4 is 5.69 Å². The van der Waals surface area contributed by atoms with Gasteiger partial charge in [-0.15, -0.1) is 0 Å². The van der Waals surface area contributed by atoms with Crippen molar-refractivity contribution in [3.05, 3.63) is 29.3 Å². The molecule has 1 aliphatic rings. The molecule has 4 heteroatoms. The minimum absolute atomic E-state index is 0.140. The molecule has 1 saturated heterocycles. The lowest BCUT2D eigenvalue weighted by Gasteiger charge is -2.34. The fourth-order valence-corrected chi connectivity index (χ4v) is 3.08. The second-order valence-electron chi connectivity index (χ2n) is 5.67. The predicted octanol–water partition coefficient (Wildman–Crippen LogP) is 3.48. The van der Waals surface area contributed by atoms with E-state index in [9.17, 15) is 8.78 Å². The standard InChI is InChI=1S/C16H24F2N2/c1-2-3-12-5-8-20(9-6-12)16-14(17)10-13(4-7-19)11-15(16)18/h10-12H,2-9,19H2,1H3. The molecule has 1 heterocycles. The zero-order valence-corrected chi connectivity index (χ0v) is 12.2. The SMILES string of the molecule is CCCC1CCN(c2c(F)cc(CCN)cc2F)CC1. The predicted molar refractivity (Wildman–Crippen MR) is 79.0 cm³/mol. The number of nitrogens with two attached hydrogens (primary N) is 1. The summed E-state index contributed by atoms with van der Waals surface area (Å²) in [6, 6.07) is 2.84. The van der Waals surface area contributed by atoms with E-state index >= 15 is 0 Å². The zero-order valence-electron chi connectivity index (χ0n) is 12.2. The summed E-state index contributed by atoms with van der Waals surface area (Å²) in [7, 11) is 0. The van der Waals surface area contributed by atoms with Crippen molar-refractivity contribution in [2.75, 3.05) is 24.5 Å². The third kappa shape index (κ3) is 3.48.